The number of allylic oxidation sites excluding steroid dienone is 1. The Kier molecular flexibility index (Phi) is 1.20. The van der Waals surface area contributed by atoms with Crippen LogP contribution in [0.25, 0.3) is 6.08 Å². The normalized spacial score (nSPS) is 18.0. The first-order valence-electron chi connectivity index (χ1n) is 4.75. The number of hydrogen-bond donors (Lipinski definition) is 0. The second kappa shape index (κ2) is 2.22. The molecule has 0 fully saturated rings. The lowest BCUT2D eigenvalue weighted by atomic mass is 10.00. The summed E-state index contributed by atoms with van der Waals surface area (Å²) in [5, 5.41) is 0. The van der Waals surface area contributed by atoms with E-state index < -0.39 is 0 Å². The Morgan fingerprint density at radius 1 is 1.00 bits per heavy atom. The van der Waals surface area contributed by atoms with Crippen molar-refractivity contribution in [3.63, 3.8) is 0 Å². The fraction of sp³-hybridized carbons (Fsp3) is 0.333. The summed E-state index contributed by atoms with van der Waals surface area (Å²) in [5.74, 6) is 0. The maximum Gasteiger partial charge on any atom is -0.00881 e. The highest BCUT2D eigenvalue weighted by Crippen LogP contribution is 2.31. The molecule has 60 valence electrons. The van der Waals surface area contributed by atoms with Gasteiger partial charge in [-0.3, -0.25) is 0 Å². The molecular weight excluding hydrogens is 144 g/mol. The van der Waals surface area contributed by atoms with E-state index in [1.807, 2.05) is 0 Å². The minimum Gasteiger partial charge on any atom is -0.0795 e. The van der Waals surface area contributed by atoms with Crippen LogP contribution in [-0.4, -0.2) is 0 Å². The van der Waals surface area contributed by atoms with E-state index in [2.05, 4.69) is 24.3 Å². The Morgan fingerprint density at radius 2 is 1.92 bits per heavy atom. The van der Waals surface area contributed by atoms with Crippen LogP contribution in [0.1, 0.15) is 28.7 Å². The first-order chi connectivity index (χ1) is 5.95. The first kappa shape index (κ1) is 6.47. The zero-order valence-electron chi connectivity index (χ0n) is 7.14. The molecule has 0 aliphatic heterocycles. The molecule has 0 saturated carbocycles. The molecule has 2 aliphatic rings. The average Bonchev–Trinajstić information content (AvgIpc) is 2.71. The van der Waals surface area contributed by atoms with Gasteiger partial charge in [-0.05, 0) is 47.9 Å². The van der Waals surface area contributed by atoms with E-state index in [4.69, 9.17) is 0 Å². The topological polar surface area (TPSA) is 0 Å². The van der Waals surface area contributed by atoms with Crippen LogP contribution in [0.2, 0.25) is 0 Å². The van der Waals surface area contributed by atoms with Crippen LogP contribution in [0, 0.1) is 0 Å². The van der Waals surface area contributed by atoms with E-state index in [0.29, 0.717) is 0 Å². The van der Waals surface area contributed by atoms with Crippen molar-refractivity contribution in [1.82, 2.24) is 0 Å². The van der Waals surface area contributed by atoms with Crippen LogP contribution in [-0.2, 0) is 19.3 Å². The van der Waals surface area contributed by atoms with Crippen molar-refractivity contribution in [3.05, 3.63) is 40.5 Å². The third kappa shape index (κ3) is 0.726. The molecule has 0 unspecified atom stereocenters. The van der Waals surface area contributed by atoms with Gasteiger partial charge in [0.15, 0.2) is 0 Å². The van der Waals surface area contributed by atoms with Crippen molar-refractivity contribution in [2.24, 2.45) is 0 Å². The predicted molar refractivity (Wildman–Crippen MR) is 51.2 cm³/mol. The molecular formula is C12H12. The Labute approximate surface area is 72.9 Å². The lowest BCUT2D eigenvalue weighted by Crippen LogP contribution is -1.90. The van der Waals surface area contributed by atoms with Gasteiger partial charge in [0.25, 0.3) is 0 Å². The first-order valence-corrected chi connectivity index (χ1v) is 4.75. The fourth-order valence-corrected chi connectivity index (χ4v) is 2.43. The van der Waals surface area contributed by atoms with E-state index in [1.54, 1.807) is 16.7 Å². The van der Waals surface area contributed by atoms with Gasteiger partial charge in [-0.2, -0.15) is 0 Å². The van der Waals surface area contributed by atoms with Crippen molar-refractivity contribution in [3.8, 4) is 0 Å². The Morgan fingerprint density at radius 3 is 2.92 bits per heavy atom. The molecule has 3 rings (SSSR count). The predicted octanol–water partition coefficient (Wildman–Crippen LogP) is 2.74. The van der Waals surface area contributed by atoms with Gasteiger partial charge in [-0.1, -0.05) is 24.3 Å². The quantitative estimate of drug-likeness (QED) is 0.542. The number of benzene rings is 1. The maximum absolute atomic E-state index is 2.33. The van der Waals surface area contributed by atoms with Crippen molar-refractivity contribution in [2.45, 2.75) is 25.7 Å². The molecule has 1 aromatic carbocycles. The van der Waals surface area contributed by atoms with Gasteiger partial charge in [0.1, 0.15) is 0 Å². The van der Waals surface area contributed by atoms with Crippen LogP contribution in [0.5, 0.6) is 0 Å². The number of fused-ring (bicyclic) bond motifs is 3. The molecule has 0 aromatic heterocycles. The third-order valence-corrected chi connectivity index (χ3v) is 3.04. The van der Waals surface area contributed by atoms with E-state index in [0.717, 1.165) is 6.42 Å². The van der Waals surface area contributed by atoms with Crippen LogP contribution < -0.4 is 0 Å². The van der Waals surface area contributed by atoms with E-state index in [-0.39, 0.29) is 0 Å². The molecule has 12 heavy (non-hydrogen) atoms. The molecule has 0 radical (unpaired) electrons. The van der Waals surface area contributed by atoms with E-state index in [9.17, 15) is 0 Å². The summed E-state index contributed by atoms with van der Waals surface area (Å²) in [7, 11) is 0. The van der Waals surface area contributed by atoms with Gasteiger partial charge in [0, 0.05) is 0 Å². The minimum absolute atomic E-state index is 1.16. The highest BCUT2D eigenvalue weighted by atomic mass is 14.2. The van der Waals surface area contributed by atoms with E-state index in [1.165, 1.54) is 24.8 Å². The molecule has 0 amide bonds. The van der Waals surface area contributed by atoms with Crippen LogP contribution in [0.3, 0.4) is 0 Å². The highest BCUT2D eigenvalue weighted by Gasteiger charge is 2.17. The number of rotatable bonds is 0. The van der Waals surface area contributed by atoms with Crippen molar-refractivity contribution >= 4 is 6.08 Å². The standard InChI is InChI=1S/C12H12/c1-3-9-7-8-10-4-2-6-12(10)11(9)5-1/h1,5,7-8H,2-4,6H2. The zero-order valence-corrected chi connectivity index (χ0v) is 7.14. The van der Waals surface area contributed by atoms with E-state index >= 15 is 0 Å². The van der Waals surface area contributed by atoms with Gasteiger partial charge in [0.2, 0.25) is 0 Å². The van der Waals surface area contributed by atoms with Crippen molar-refractivity contribution in [1.29, 1.82) is 0 Å². The number of aryl methyl sites for hydroxylation is 1. The summed E-state index contributed by atoms with van der Waals surface area (Å²) in [4.78, 5) is 0. The molecule has 0 heteroatoms. The van der Waals surface area contributed by atoms with Crippen LogP contribution >= 0.6 is 0 Å². The molecule has 0 atom stereocenters. The maximum atomic E-state index is 2.33. The van der Waals surface area contributed by atoms with Gasteiger partial charge in [-0.15, -0.1) is 0 Å². The lowest BCUT2D eigenvalue weighted by molar-refractivity contribution is 0.911. The van der Waals surface area contributed by atoms with Gasteiger partial charge in [0.05, 0.1) is 0 Å². The molecule has 0 bridgehead atoms. The van der Waals surface area contributed by atoms with Crippen molar-refractivity contribution < 1.29 is 0 Å². The molecule has 0 saturated heterocycles. The molecule has 0 spiro atoms. The Bertz CT molecular complexity index is 359. The molecule has 2 aliphatic carbocycles. The highest BCUT2D eigenvalue weighted by molar-refractivity contribution is 5.65. The van der Waals surface area contributed by atoms with Crippen LogP contribution in [0.4, 0.5) is 0 Å². The minimum atomic E-state index is 1.16. The monoisotopic (exact) mass is 156 g/mol. The molecule has 0 nitrogen and oxygen atoms in total. The average molecular weight is 156 g/mol. The molecule has 0 N–H and O–H groups in total. The lowest BCUT2D eigenvalue weighted by Gasteiger charge is -2.05. The molecule has 1 aromatic rings. The summed E-state index contributed by atoms with van der Waals surface area (Å²) < 4.78 is 0. The smallest absolute Gasteiger partial charge is 0.00881 e. The van der Waals surface area contributed by atoms with Gasteiger partial charge < -0.3 is 0 Å². The zero-order chi connectivity index (χ0) is 7.97. The largest absolute Gasteiger partial charge is 0.0795 e. The third-order valence-electron chi connectivity index (χ3n) is 3.04. The van der Waals surface area contributed by atoms with Crippen LogP contribution in [0.15, 0.2) is 18.2 Å². The van der Waals surface area contributed by atoms with Gasteiger partial charge in [-0.25, -0.2) is 0 Å². The molecule has 0 heterocycles. The summed E-state index contributed by atoms with van der Waals surface area (Å²) >= 11 is 0. The Hall–Kier alpha value is -1.04. The summed E-state index contributed by atoms with van der Waals surface area (Å²) in [5.41, 5.74) is 6.32. The summed E-state index contributed by atoms with van der Waals surface area (Å²) in [6.45, 7) is 0. The fourth-order valence-electron chi connectivity index (χ4n) is 2.43. The number of hydrogen-bond acceptors (Lipinski definition) is 0. The Balaban J connectivity index is 2.30. The van der Waals surface area contributed by atoms with Crippen molar-refractivity contribution in [2.75, 3.05) is 0 Å². The second-order valence-corrected chi connectivity index (χ2v) is 3.74. The van der Waals surface area contributed by atoms with Gasteiger partial charge >= 0.3 is 0 Å². The summed E-state index contributed by atoms with van der Waals surface area (Å²) in [6, 6.07) is 4.63. The summed E-state index contributed by atoms with van der Waals surface area (Å²) in [6.07, 6.45) is 9.71. The second-order valence-electron chi connectivity index (χ2n) is 3.74. The SMILES string of the molecule is C1=Cc2c(ccc3c2CCC3)C1.